The van der Waals surface area contributed by atoms with Gasteiger partial charge < -0.3 is 9.67 Å². The Hall–Kier alpha value is -3.25. The summed E-state index contributed by atoms with van der Waals surface area (Å²) in [6.07, 6.45) is 7.75. The van der Waals surface area contributed by atoms with Crippen molar-refractivity contribution in [1.29, 1.82) is 0 Å². The summed E-state index contributed by atoms with van der Waals surface area (Å²) < 4.78 is 15.7. The third kappa shape index (κ3) is 3.01. The van der Waals surface area contributed by atoms with E-state index in [9.17, 15) is 19.1 Å². The molecule has 2 heterocycles. The predicted molar refractivity (Wildman–Crippen MR) is 104 cm³/mol. The van der Waals surface area contributed by atoms with E-state index >= 15 is 0 Å². The van der Waals surface area contributed by atoms with Crippen LogP contribution in [0.3, 0.4) is 0 Å². The van der Waals surface area contributed by atoms with Crippen molar-refractivity contribution in [1.82, 2.24) is 9.55 Å². The first-order valence-electron chi connectivity index (χ1n) is 8.51. The molecular formula is C21H14ClFN2O3. The highest BCUT2D eigenvalue weighted by molar-refractivity contribution is 6.32. The van der Waals surface area contributed by atoms with Gasteiger partial charge in [0.15, 0.2) is 5.78 Å². The second-order valence-electron chi connectivity index (χ2n) is 6.38. The fraction of sp³-hybridized carbons (Fsp3) is 0.0952. The zero-order chi connectivity index (χ0) is 19.8. The summed E-state index contributed by atoms with van der Waals surface area (Å²) in [7, 11) is 0. The van der Waals surface area contributed by atoms with Crippen molar-refractivity contribution in [2.24, 2.45) is 0 Å². The molecule has 1 aliphatic carbocycles. The molecule has 140 valence electrons. The Kier molecular flexibility index (Phi) is 4.57. The molecule has 0 amide bonds. The molecule has 2 aromatic heterocycles. The largest absolute Gasteiger partial charge is 0.477 e. The first-order chi connectivity index (χ1) is 13.5. The lowest BCUT2D eigenvalue weighted by Gasteiger charge is -2.11. The number of halogens is 2. The molecule has 28 heavy (non-hydrogen) atoms. The van der Waals surface area contributed by atoms with E-state index in [1.54, 1.807) is 36.4 Å². The Morgan fingerprint density at radius 3 is 2.86 bits per heavy atom. The van der Waals surface area contributed by atoms with Gasteiger partial charge in [0, 0.05) is 45.2 Å². The Labute approximate surface area is 164 Å². The number of allylic oxidation sites excluding steroid dienone is 4. The van der Waals surface area contributed by atoms with E-state index in [1.165, 1.54) is 16.8 Å². The van der Waals surface area contributed by atoms with Crippen molar-refractivity contribution in [3.05, 3.63) is 82.5 Å². The number of hydrogen-bond donors (Lipinski definition) is 1. The van der Waals surface area contributed by atoms with Crippen LogP contribution in [0, 0.1) is 5.82 Å². The van der Waals surface area contributed by atoms with Crippen LogP contribution in [0.5, 0.6) is 0 Å². The highest BCUT2D eigenvalue weighted by Crippen LogP contribution is 2.36. The van der Waals surface area contributed by atoms with Gasteiger partial charge in [0.05, 0.1) is 12.7 Å². The molecule has 0 saturated heterocycles. The molecule has 1 aromatic carbocycles. The van der Waals surface area contributed by atoms with E-state index in [-0.39, 0.29) is 24.4 Å². The number of nitrogens with zero attached hydrogens (tertiary/aromatic N) is 2. The first-order valence-corrected chi connectivity index (χ1v) is 8.89. The zero-order valence-corrected chi connectivity index (χ0v) is 15.3. The van der Waals surface area contributed by atoms with Crippen LogP contribution in [0.1, 0.15) is 28.0 Å². The summed E-state index contributed by atoms with van der Waals surface area (Å²) in [4.78, 5) is 28.4. The zero-order valence-electron chi connectivity index (χ0n) is 14.5. The van der Waals surface area contributed by atoms with Crippen molar-refractivity contribution in [3.63, 3.8) is 0 Å². The average molecular weight is 397 g/mol. The maximum Gasteiger partial charge on any atom is 0.353 e. The van der Waals surface area contributed by atoms with E-state index in [0.717, 1.165) is 6.20 Å². The van der Waals surface area contributed by atoms with Crippen LogP contribution < -0.4 is 0 Å². The number of carboxylic acid groups (broad SMARTS) is 1. The van der Waals surface area contributed by atoms with Crippen LogP contribution in [-0.4, -0.2) is 26.4 Å². The highest BCUT2D eigenvalue weighted by Gasteiger charge is 2.28. The number of benzene rings is 1. The maximum atomic E-state index is 14.2. The number of carbonyl (C=O) groups is 2. The molecule has 3 aromatic rings. The summed E-state index contributed by atoms with van der Waals surface area (Å²) >= 11 is 6.15. The molecule has 0 bridgehead atoms. The van der Waals surface area contributed by atoms with Crippen molar-refractivity contribution >= 4 is 39.8 Å². The Morgan fingerprint density at radius 2 is 2.14 bits per heavy atom. The number of pyridine rings is 1. The normalized spacial score (nSPS) is 13.8. The lowest BCUT2D eigenvalue weighted by atomic mass is 9.93. The number of fused-ring (bicyclic) bond motifs is 1. The van der Waals surface area contributed by atoms with Crippen molar-refractivity contribution in [2.75, 3.05) is 0 Å². The average Bonchev–Trinajstić information content (AvgIpc) is 2.97. The third-order valence-electron chi connectivity index (χ3n) is 4.68. The van der Waals surface area contributed by atoms with Crippen LogP contribution in [0.25, 0.3) is 16.5 Å². The lowest BCUT2D eigenvalue weighted by Crippen LogP contribution is -2.14. The minimum absolute atomic E-state index is 0.0224. The maximum absolute atomic E-state index is 14.2. The van der Waals surface area contributed by atoms with Gasteiger partial charge in [-0.3, -0.25) is 9.78 Å². The number of hydrogen-bond acceptors (Lipinski definition) is 3. The summed E-state index contributed by atoms with van der Waals surface area (Å²) in [5.41, 5.74) is 1.37. The smallest absolute Gasteiger partial charge is 0.353 e. The molecule has 0 radical (unpaired) electrons. The number of carboxylic acids is 1. The molecule has 0 aliphatic heterocycles. The summed E-state index contributed by atoms with van der Waals surface area (Å²) in [6, 6.07) is 6.44. The van der Waals surface area contributed by atoms with E-state index in [2.05, 4.69) is 4.98 Å². The van der Waals surface area contributed by atoms with Crippen molar-refractivity contribution in [3.8, 4) is 0 Å². The fourth-order valence-electron chi connectivity index (χ4n) is 3.45. The second kappa shape index (κ2) is 7.05. The van der Waals surface area contributed by atoms with Gasteiger partial charge in [0.2, 0.25) is 0 Å². The van der Waals surface area contributed by atoms with Gasteiger partial charge in [-0.05, 0) is 24.3 Å². The van der Waals surface area contributed by atoms with E-state index in [1.807, 2.05) is 0 Å². The summed E-state index contributed by atoms with van der Waals surface area (Å²) in [5, 5.41) is 10.9. The molecule has 0 spiro atoms. The Balaban J connectivity index is 2.05. The molecule has 4 rings (SSSR count). The van der Waals surface area contributed by atoms with Crippen molar-refractivity contribution < 1.29 is 19.1 Å². The Bertz CT molecular complexity index is 1190. The van der Waals surface area contributed by atoms with Crippen LogP contribution >= 0.6 is 11.6 Å². The highest BCUT2D eigenvalue weighted by atomic mass is 35.5. The fourth-order valence-corrected chi connectivity index (χ4v) is 3.63. The van der Waals surface area contributed by atoms with Gasteiger partial charge in [0.1, 0.15) is 11.5 Å². The van der Waals surface area contributed by atoms with Gasteiger partial charge in [0.25, 0.3) is 0 Å². The molecule has 1 N–H and O–H groups in total. The molecule has 1 aliphatic rings. The van der Waals surface area contributed by atoms with Crippen molar-refractivity contribution in [2.45, 2.75) is 13.0 Å². The predicted octanol–water partition coefficient (Wildman–Crippen LogP) is 4.49. The van der Waals surface area contributed by atoms with Crippen LogP contribution in [0.15, 0.2) is 54.9 Å². The van der Waals surface area contributed by atoms with E-state index < -0.39 is 11.8 Å². The van der Waals surface area contributed by atoms with E-state index in [4.69, 9.17) is 11.6 Å². The van der Waals surface area contributed by atoms with Crippen LogP contribution in [-0.2, 0) is 11.3 Å². The van der Waals surface area contributed by atoms with Gasteiger partial charge in [-0.25, -0.2) is 9.18 Å². The van der Waals surface area contributed by atoms with Crippen LogP contribution in [0.4, 0.5) is 4.39 Å². The lowest BCUT2D eigenvalue weighted by molar-refractivity contribution is -0.113. The number of aromatic carboxylic acids is 1. The minimum Gasteiger partial charge on any atom is -0.477 e. The number of Topliss-reactive ketones (excluding diaryl/α,β-unsaturated/α-hetero) is 1. The topological polar surface area (TPSA) is 72.2 Å². The summed E-state index contributed by atoms with van der Waals surface area (Å²) in [5.74, 6) is -1.92. The standard InChI is InChI=1S/C21H14ClFN2O3/c22-13-5-6-17-15(9-13)19(14-3-1-2-4-18(14)26)20(21(27)28)25(17)11-12-7-8-24-10-16(12)23/h1-3,5-10H,4,11H2,(H,27,28). The molecule has 0 fully saturated rings. The summed E-state index contributed by atoms with van der Waals surface area (Å²) in [6.45, 7) is -0.0224. The third-order valence-corrected chi connectivity index (χ3v) is 4.92. The van der Waals surface area contributed by atoms with Gasteiger partial charge in [-0.15, -0.1) is 0 Å². The quantitative estimate of drug-likeness (QED) is 0.705. The molecule has 0 atom stereocenters. The number of rotatable bonds is 4. The number of carbonyl (C=O) groups excluding carboxylic acids is 1. The van der Waals surface area contributed by atoms with Gasteiger partial charge >= 0.3 is 5.97 Å². The molecule has 0 unspecified atom stereocenters. The van der Waals surface area contributed by atoms with Crippen LogP contribution in [0.2, 0.25) is 5.02 Å². The Morgan fingerprint density at radius 1 is 1.32 bits per heavy atom. The molecule has 5 nitrogen and oxygen atoms in total. The molecule has 7 heteroatoms. The number of ketones is 1. The van der Waals surface area contributed by atoms with Gasteiger partial charge in [-0.1, -0.05) is 29.8 Å². The molecule has 0 saturated carbocycles. The van der Waals surface area contributed by atoms with E-state index in [0.29, 0.717) is 32.6 Å². The number of aromatic nitrogens is 2. The SMILES string of the molecule is O=C1CC=CC=C1c1c(C(=O)O)n(Cc2ccncc2F)c2ccc(Cl)cc12. The monoisotopic (exact) mass is 396 g/mol. The molecular weight excluding hydrogens is 383 g/mol. The second-order valence-corrected chi connectivity index (χ2v) is 6.82. The van der Waals surface area contributed by atoms with Gasteiger partial charge in [-0.2, -0.15) is 0 Å². The minimum atomic E-state index is -1.21. The first kappa shape index (κ1) is 18.1.